The van der Waals surface area contributed by atoms with E-state index in [1.165, 1.54) is 11.4 Å². The summed E-state index contributed by atoms with van der Waals surface area (Å²) in [6, 6.07) is 1.60. The van der Waals surface area contributed by atoms with Gasteiger partial charge in [0.05, 0.1) is 6.04 Å². The van der Waals surface area contributed by atoms with Gasteiger partial charge in [0.25, 0.3) is 0 Å². The van der Waals surface area contributed by atoms with Crippen LogP contribution in [0.4, 0.5) is 0 Å². The van der Waals surface area contributed by atoms with Crippen molar-refractivity contribution < 1.29 is 0 Å². The molecule has 0 aromatic carbocycles. The van der Waals surface area contributed by atoms with Crippen molar-refractivity contribution in [3.63, 3.8) is 0 Å². The predicted molar refractivity (Wildman–Crippen MR) is 82.6 cm³/mol. The maximum absolute atomic E-state index is 4.50. The molecule has 0 saturated carbocycles. The van der Waals surface area contributed by atoms with Gasteiger partial charge in [-0.25, -0.2) is 4.98 Å². The third kappa shape index (κ3) is 3.36. The third-order valence-electron chi connectivity index (χ3n) is 4.29. The molecular formula is C15H27N3S. The SMILES string of the molecule is CCC1CNC(C(C)(C)C)CN1C(C)c1nccs1. The average molecular weight is 281 g/mol. The van der Waals surface area contributed by atoms with Crippen molar-refractivity contribution in [2.45, 2.75) is 59.2 Å². The van der Waals surface area contributed by atoms with Crippen LogP contribution in [0.2, 0.25) is 0 Å². The summed E-state index contributed by atoms with van der Waals surface area (Å²) >= 11 is 1.77. The monoisotopic (exact) mass is 281 g/mol. The molecule has 0 amide bonds. The predicted octanol–water partition coefficient (Wildman–Crippen LogP) is 3.30. The molecule has 2 rings (SSSR count). The van der Waals surface area contributed by atoms with Crippen LogP contribution in [0, 0.1) is 5.41 Å². The Balaban J connectivity index is 2.14. The van der Waals surface area contributed by atoms with Crippen LogP contribution >= 0.6 is 11.3 Å². The molecular weight excluding hydrogens is 254 g/mol. The van der Waals surface area contributed by atoms with E-state index in [-0.39, 0.29) is 0 Å². The number of aromatic nitrogens is 1. The maximum Gasteiger partial charge on any atom is 0.109 e. The molecule has 19 heavy (non-hydrogen) atoms. The first-order valence-electron chi connectivity index (χ1n) is 7.32. The van der Waals surface area contributed by atoms with Crippen molar-refractivity contribution in [2.24, 2.45) is 5.41 Å². The Hall–Kier alpha value is -0.450. The minimum absolute atomic E-state index is 0.305. The van der Waals surface area contributed by atoms with E-state index in [4.69, 9.17) is 0 Å². The minimum atomic E-state index is 0.305. The van der Waals surface area contributed by atoms with E-state index < -0.39 is 0 Å². The lowest BCUT2D eigenvalue weighted by molar-refractivity contribution is 0.0530. The van der Waals surface area contributed by atoms with Gasteiger partial charge in [0, 0.05) is 36.8 Å². The fourth-order valence-corrected chi connectivity index (χ4v) is 3.55. The molecule has 1 aromatic rings. The molecule has 1 aromatic heterocycles. The summed E-state index contributed by atoms with van der Waals surface area (Å²) < 4.78 is 0. The summed E-state index contributed by atoms with van der Waals surface area (Å²) in [6.07, 6.45) is 3.11. The topological polar surface area (TPSA) is 28.2 Å². The molecule has 0 aliphatic carbocycles. The largest absolute Gasteiger partial charge is 0.311 e. The van der Waals surface area contributed by atoms with E-state index in [1.54, 1.807) is 11.3 Å². The fourth-order valence-electron chi connectivity index (χ4n) is 2.84. The van der Waals surface area contributed by atoms with E-state index in [9.17, 15) is 0 Å². The van der Waals surface area contributed by atoms with Gasteiger partial charge < -0.3 is 5.32 Å². The first kappa shape index (κ1) is 14.9. The van der Waals surface area contributed by atoms with Crippen molar-refractivity contribution in [1.82, 2.24) is 15.2 Å². The second kappa shape index (κ2) is 5.90. The van der Waals surface area contributed by atoms with Gasteiger partial charge in [-0.05, 0) is 18.8 Å². The Bertz CT molecular complexity index is 383. The number of hydrogen-bond acceptors (Lipinski definition) is 4. The summed E-state index contributed by atoms with van der Waals surface area (Å²) in [5.74, 6) is 0. The lowest BCUT2D eigenvalue weighted by atomic mass is 9.84. The Morgan fingerprint density at radius 2 is 2.26 bits per heavy atom. The van der Waals surface area contributed by atoms with Crippen LogP contribution in [0.5, 0.6) is 0 Å². The molecule has 1 aliphatic rings. The maximum atomic E-state index is 4.50. The molecule has 3 unspecified atom stereocenters. The molecule has 2 heterocycles. The van der Waals surface area contributed by atoms with Crippen molar-refractivity contribution in [3.8, 4) is 0 Å². The normalized spacial score (nSPS) is 27.4. The van der Waals surface area contributed by atoms with Crippen LogP contribution < -0.4 is 5.32 Å². The van der Waals surface area contributed by atoms with Crippen LogP contribution in [-0.2, 0) is 0 Å². The van der Waals surface area contributed by atoms with Crippen LogP contribution in [-0.4, -0.2) is 35.1 Å². The van der Waals surface area contributed by atoms with Gasteiger partial charge in [-0.2, -0.15) is 0 Å². The van der Waals surface area contributed by atoms with E-state index >= 15 is 0 Å². The first-order chi connectivity index (χ1) is 8.93. The number of nitrogens with zero attached hydrogens (tertiary/aromatic N) is 2. The highest BCUT2D eigenvalue weighted by molar-refractivity contribution is 7.09. The summed E-state index contributed by atoms with van der Waals surface area (Å²) in [4.78, 5) is 7.15. The van der Waals surface area contributed by atoms with Gasteiger partial charge in [0.2, 0.25) is 0 Å². The van der Waals surface area contributed by atoms with Crippen molar-refractivity contribution in [1.29, 1.82) is 0 Å². The van der Waals surface area contributed by atoms with E-state index in [0.717, 1.165) is 13.1 Å². The van der Waals surface area contributed by atoms with E-state index in [2.05, 4.69) is 55.2 Å². The summed E-state index contributed by atoms with van der Waals surface area (Å²) in [5, 5.41) is 7.05. The third-order valence-corrected chi connectivity index (χ3v) is 5.23. The zero-order chi connectivity index (χ0) is 14.0. The number of hydrogen-bond donors (Lipinski definition) is 1. The number of rotatable bonds is 3. The Kier molecular flexibility index (Phi) is 4.64. The molecule has 1 saturated heterocycles. The summed E-state index contributed by atoms with van der Waals surface area (Å²) in [7, 11) is 0. The molecule has 3 nitrogen and oxygen atoms in total. The van der Waals surface area contributed by atoms with Gasteiger partial charge in [0.1, 0.15) is 5.01 Å². The molecule has 0 spiro atoms. The fraction of sp³-hybridized carbons (Fsp3) is 0.800. The van der Waals surface area contributed by atoms with Crippen molar-refractivity contribution >= 4 is 11.3 Å². The number of thiazole rings is 1. The van der Waals surface area contributed by atoms with Crippen molar-refractivity contribution in [2.75, 3.05) is 13.1 Å². The zero-order valence-electron chi connectivity index (χ0n) is 12.8. The van der Waals surface area contributed by atoms with E-state index in [0.29, 0.717) is 23.5 Å². The average Bonchev–Trinajstić information content (AvgIpc) is 2.90. The molecule has 1 N–H and O–H groups in total. The highest BCUT2D eigenvalue weighted by atomic mass is 32.1. The number of nitrogens with one attached hydrogen (secondary N) is 1. The standard InChI is InChI=1S/C15H27N3S/c1-6-12-9-17-13(15(3,4)5)10-18(12)11(2)14-16-7-8-19-14/h7-8,11-13,17H,6,9-10H2,1-5H3. The van der Waals surface area contributed by atoms with Crippen LogP contribution in [0.3, 0.4) is 0 Å². The first-order valence-corrected chi connectivity index (χ1v) is 8.20. The van der Waals surface area contributed by atoms with Gasteiger partial charge >= 0.3 is 0 Å². The van der Waals surface area contributed by atoms with Gasteiger partial charge in [-0.15, -0.1) is 11.3 Å². The summed E-state index contributed by atoms with van der Waals surface area (Å²) in [5.41, 5.74) is 0.305. The lowest BCUT2D eigenvalue weighted by Crippen LogP contribution is -2.60. The van der Waals surface area contributed by atoms with Crippen LogP contribution in [0.25, 0.3) is 0 Å². The molecule has 1 fully saturated rings. The smallest absolute Gasteiger partial charge is 0.109 e. The molecule has 4 heteroatoms. The highest BCUT2D eigenvalue weighted by Crippen LogP contribution is 2.31. The molecule has 1 aliphatic heterocycles. The van der Waals surface area contributed by atoms with Crippen LogP contribution in [0.1, 0.15) is 52.1 Å². The Morgan fingerprint density at radius 1 is 1.53 bits per heavy atom. The van der Waals surface area contributed by atoms with Crippen LogP contribution in [0.15, 0.2) is 11.6 Å². The molecule has 0 bridgehead atoms. The second-order valence-corrected chi connectivity index (χ2v) is 7.56. The molecule has 3 atom stereocenters. The van der Waals surface area contributed by atoms with Crippen molar-refractivity contribution in [3.05, 3.63) is 16.6 Å². The molecule has 108 valence electrons. The highest BCUT2D eigenvalue weighted by Gasteiger charge is 2.36. The number of piperazine rings is 1. The minimum Gasteiger partial charge on any atom is -0.311 e. The zero-order valence-corrected chi connectivity index (χ0v) is 13.6. The van der Waals surface area contributed by atoms with E-state index in [1.807, 2.05) is 6.20 Å². The summed E-state index contributed by atoms with van der Waals surface area (Å²) in [6.45, 7) is 13.8. The van der Waals surface area contributed by atoms with Gasteiger partial charge in [0.15, 0.2) is 0 Å². The lowest BCUT2D eigenvalue weighted by Gasteiger charge is -2.46. The Morgan fingerprint density at radius 3 is 2.79 bits per heavy atom. The second-order valence-electron chi connectivity index (χ2n) is 6.63. The quantitative estimate of drug-likeness (QED) is 0.921. The molecule has 0 radical (unpaired) electrons. The Labute approximate surface area is 121 Å². The van der Waals surface area contributed by atoms with Gasteiger partial charge in [-0.1, -0.05) is 27.7 Å². The van der Waals surface area contributed by atoms with Gasteiger partial charge in [-0.3, -0.25) is 4.90 Å².